The normalized spacial score (nSPS) is 28.9. The quantitative estimate of drug-likeness (QED) is 0.733. The summed E-state index contributed by atoms with van der Waals surface area (Å²) in [6.45, 7) is 7.03. The maximum atomic E-state index is 12.5. The zero-order chi connectivity index (χ0) is 22.5. The molecule has 2 bridgehead atoms. The van der Waals surface area contributed by atoms with Crippen LogP contribution in [-0.2, 0) is 17.9 Å². The second-order valence-electron chi connectivity index (χ2n) is 9.99. The number of hydrogen-bond acceptors (Lipinski definition) is 5. The summed E-state index contributed by atoms with van der Waals surface area (Å²) >= 11 is 0. The average molecular weight is 440 g/mol. The standard InChI is InChI=1S/C24H33N5O3/c1-2-29-20(30)18-4-3-17(15-19(18)26-22(29)32)16-27-11-13-28(14-12-27)24-8-5-23(6-9-24,7-10-24)21(25)31/h3-4,15H,2,5-14,16H2,1H3,(H2,25,31)(H,26,32). The number of rotatable bonds is 5. The lowest BCUT2D eigenvalue weighted by Gasteiger charge is -2.58. The highest BCUT2D eigenvalue weighted by Gasteiger charge is 2.53. The van der Waals surface area contributed by atoms with Gasteiger partial charge in [-0.1, -0.05) is 6.07 Å². The molecule has 8 nitrogen and oxygen atoms in total. The third-order valence-corrected chi connectivity index (χ3v) is 8.54. The fourth-order valence-electron chi connectivity index (χ4n) is 6.34. The van der Waals surface area contributed by atoms with Gasteiger partial charge in [-0.05, 0) is 63.1 Å². The maximum absolute atomic E-state index is 12.5. The summed E-state index contributed by atoms with van der Waals surface area (Å²) in [6.07, 6.45) is 6.09. The van der Waals surface area contributed by atoms with Gasteiger partial charge in [0.2, 0.25) is 5.91 Å². The molecule has 32 heavy (non-hydrogen) atoms. The molecule has 0 unspecified atom stereocenters. The van der Waals surface area contributed by atoms with Gasteiger partial charge in [-0.2, -0.15) is 0 Å². The van der Waals surface area contributed by atoms with Crippen LogP contribution in [0.15, 0.2) is 27.8 Å². The van der Waals surface area contributed by atoms with Crippen LogP contribution >= 0.6 is 0 Å². The predicted octanol–water partition coefficient (Wildman–Crippen LogP) is 1.41. The molecule has 0 atom stereocenters. The molecule has 172 valence electrons. The van der Waals surface area contributed by atoms with Crippen molar-refractivity contribution in [2.75, 3.05) is 26.2 Å². The molecule has 1 aliphatic heterocycles. The lowest BCUT2D eigenvalue weighted by molar-refractivity contribution is -0.140. The number of carbonyl (C=O) groups excluding carboxylic acids is 1. The van der Waals surface area contributed by atoms with E-state index in [2.05, 4.69) is 14.8 Å². The van der Waals surface area contributed by atoms with Gasteiger partial charge in [0, 0.05) is 50.2 Å². The Balaban J connectivity index is 1.24. The molecule has 1 amide bonds. The lowest BCUT2D eigenvalue weighted by atomic mass is 9.56. The number of hydrogen-bond donors (Lipinski definition) is 2. The highest BCUT2D eigenvalue weighted by atomic mass is 16.2. The molecule has 6 rings (SSSR count). The molecule has 3 aliphatic carbocycles. The summed E-state index contributed by atoms with van der Waals surface area (Å²) < 4.78 is 1.23. The van der Waals surface area contributed by atoms with Crippen LogP contribution in [-0.4, -0.2) is 57.0 Å². The highest BCUT2D eigenvalue weighted by molar-refractivity contribution is 5.81. The van der Waals surface area contributed by atoms with Crippen LogP contribution in [0.2, 0.25) is 0 Å². The Morgan fingerprint density at radius 1 is 1.03 bits per heavy atom. The van der Waals surface area contributed by atoms with Crippen LogP contribution in [0.1, 0.15) is 51.0 Å². The first-order valence-corrected chi connectivity index (χ1v) is 11.9. The molecule has 4 aliphatic rings. The van der Waals surface area contributed by atoms with Crippen molar-refractivity contribution in [1.82, 2.24) is 19.4 Å². The van der Waals surface area contributed by atoms with Gasteiger partial charge in [-0.3, -0.25) is 24.0 Å². The monoisotopic (exact) mass is 439 g/mol. The topological polar surface area (TPSA) is 104 Å². The van der Waals surface area contributed by atoms with Crippen LogP contribution in [0, 0.1) is 5.41 Å². The summed E-state index contributed by atoms with van der Waals surface area (Å²) in [5.41, 5.74) is 6.88. The second kappa shape index (κ2) is 7.85. The molecular weight excluding hydrogens is 406 g/mol. The molecule has 4 fully saturated rings. The van der Waals surface area contributed by atoms with Crippen LogP contribution in [0.25, 0.3) is 10.9 Å². The summed E-state index contributed by atoms with van der Waals surface area (Å²) in [5, 5.41) is 0.556. The number of H-pyrrole nitrogens is 1. The Kier molecular flexibility index (Phi) is 5.25. The fraction of sp³-hybridized carbons (Fsp3) is 0.625. The minimum atomic E-state index is -0.352. The molecule has 0 radical (unpaired) electrons. The van der Waals surface area contributed by atoms with Gasteiger partial charge in [-0.25, -0.2) is 4.79 Å². The average Bonchev–Trinajstić information content (AvgIpc) is 2.81. The van der Waals surface area contributed by atoms with Crippen LogP contribution < -0.4 is 17.0 Å². The van der Waals surface area contributed by atoms with E-state index in [9.17, 15) is 14.4 Å². The van der Waals surface area contributed by atoms with E-state index in [0.29, 0.717) is 17.4 Å². The van der Waals surface area contributed by atoms with Gasteiger partial charge in [0.25, 0.3) is 5.56 Å². The number of fused-ring (bicyclic) bond motifs is 4. The van der Waals surface area contributed by atoms with E-state index in [1.807, 2.05) is 18.2 Å². The third-order valence-electron chi connectivity index (χ3n) is 8.54. The number of piperazine rings is 1. The first-order valence-electron chi connectivity index (χ1n) is 11.9. The van der Waals surface area contributed by atoms with Crippen molar-refractivity contribution in [3.05, 3.63) is 44.6 Å². The number of carbonyl (C=O) groups is 1. The van der Waals surface area contributed by atoms with Crippen LogP contribution in [0.3, 0.4) is 0 Å². The maximum Gasteiger partial charge on any atom is 0.328 e. The van der Waals surface area contributed by atoms with Gasteiger partial charge in [0.1, 0.15) is 0 Å². The summed E-state index contributed by atoms with van der Waals surface area (Å²) in [7, 11) is 0. The van der Waals surface area contributed by atoms with Crippen molar-refractivity contribution in [2.45, 2.75) is 64.1 Å². The number of amides is 1. The Hall–Kier alpha value is -2.45. The van der Waals surface area contributed by atoms with E-state index in [1.54, 1.807) is 6.92 Å². The Labute approximate surface area is 187 Å². The third kappa shape index (κ3) is 3.40. The van der Waals surface area contributed by atoms with Gasteiger partial charge in [-0.15, -0.1) is 0 Å². The van der Waals surface area contributed by atoms with E-state index < -0.39 is 0 Å². The zero-order valence-electron chi connectivity index (χ0n) is 18.9. The molecule has 1 aromatic carbocycles. The Morgan fingerprint density at radius 2 is 1.69 bits per heavy atom. The molecule has 1 aromatic heterocycles. The zero-order valence-corrected chi connectivity index (χ0v) is 18.9. The number of nitrogens with zero attached hydrogens (tertiary/aromatic N) is 3. The van der Waals surface area contributed by atoms with Gasteiger partial charge < -0.3 is 10.7 Å². The van der Waals surface area contributed by atoms with Crippen molar-refractivity contribution in [3.8, 4) is 0 Å². The number of nitrogens with one attached hydrogen (secondary N) is 1. The lowest BCUT2D eigenvalue weighted by Crippen LogP contribution is -2.63. The van der Waals surface area contributed by atoms with Crippen molar-refractivity contribution in [3.63, 3.8) is 0 Å². The second-order valence-corrected chi connectivity index (χ2v) is 9.99. The number of aromatic amines is 1. The van der Waals surface area contributed by atoms with Gasteiger partial charge >= 0.3 is 5.69 Å². The molecule has 2 aromatic rings. The highest BCUT2D eigenvalue weighted by Crippen LogP contribution is 2.54. The number of nitrogens with two attached hydrogens (primary N) is 1. The van der Waals surface area contributed by atoms with Crippen molar-refractivity contribution in [2.24, 2.45) is 11.1 Å². The first-order chi connectivity index (χ1) is 15.4. The van der Waals surface area contributed by atoms with Gasteiger partial charge in [0.05, 0.1) is 10.9 Å². The van der Waals surface area contributed by atoms with Gasteiger partial charge in [0.15, 0.2) is 0 Å². The summed E-state index contributed by atoms with van der Waals surface area (Å²) in [4.78, 5) is 44.6. The fourth-order valence-corrected chi connectivity index (χ4v) is 6.34. The molecule has 0 spiro atoms. The van der Waals surface area contributed by atoms with E-state index in [4.69, 9.17) is 5.73 Å². The number of aromatic nitrogens is 2. The van der Waals surface area contributed by atoms with E-state index in [-0.39, 0.29) is 28.1 Å². The van der Waals surface area contributed by atoms with Crippen molar-refractivity contribution >= 4 is 16.8 Å². The molecule has 2 heterocycles. The molecular formula is C24H33N5O3. The Bertz CT molecular complexity index is 1130. The minimum absolute atomic E-state index is 0.0963. The number of benzene rings is 1. The molecule has 8 heteroatoms. The summed E-state index contributed by atoms with van der Waals surface area (Å²) in [5.74, 6) is -0.0963. The SMILES string of the molecule is CCn1c(=O)[nH]c2cc(CN3CCN(C45CCC(C(N)=O)(CC4)CC5)CC3)ccc2c1=O. The minimum Gasteiger partial charge on any atom is -0.369 e. The predicted molar refractivity (Wildman–Crippen MR) is 123 cm³/mol. The van der Waals surface area contributed by atoms with Crippen molar-refractivity contribution < 1.29 is 4.79 Å². The van der Waals surface area contributed by atoms with Crippen LogP contribution in [0.5, 0.6) is 0 Å². The van der Waals surface area contributed by atoms with E-state index in [0.717, 1.165) is 76.8 Å². The summed E-state index contributed by atoms with van der Waals surface area (Å²) in [6, 6.07) is 5.77. The largest absolute Gasteiger partial charge is 0.369 e. The van der Waals surface area contributed by atoms with Crippen molar-refractivity contribution in [1.29, 1.82) is 0 Å². The molecule has 3 N–H and O–H groups in total. The van der Waals surface area contributed by atoms with Crippen LogP contribution in [0.4, 0.5) is 0 Å². The molecule has 1 saturated heterocycles. The molecule has 3 saturated carbocycles. The first kappa shape index (κ1) is 21.4. The number of primary amides is 1. The smallest absolute Gasteiger partial charge is 0.328 e. The van der Waals surface area contributed by atoms with E-state index >= 15 is 0 Å². The van der Waals surface area contributed by atoms with E-state index in [1.165, 1.54) is 4.57 Å². The Morgan fingerprint density at radius 3 is 2.28 bits per heavy atom.